The van der Waals surface area contributed by atoms with Crippen LogP contribution in [0.1, 0.15) is 35.9 Å². The Morgan fingerprint density at radius 2 is 1.95 bits per heavy atom. The number of hydrogen-bond donors (Lipinski definition) is 2. The summed E-state index contributed by atoms with van der Waals surface area (Å²) in [6.45, 7) is 0.556. The molecule has 1 aliphatic rings. The van der Waals surface area contributed by atoms with Gasteiger partial charge < -0.3 is 15.8 Å². The third-order valence-electron chi connectivity index (χ3n) is 4.03. The minimum atomic E-state index is 0.116. The van der Waals surface area contributed by atoms with Crippen molar-refractivity contribution in [3.05, 3.63) is 59.7 Å². The summed E-state index contributed by atoms with van der Waals surface area (Å²) >= 11 is 0. The van der Waals surface area contributed by atoms with Gasteiger partial charge in [-0.15, -0.1) is 0 Å². The van der Waals surface area contributed by atoms with E-state index in [4.69, 9.17) is 10.5 Å². The van der Waals surface area contributed by atoms with Crippen LogP contribution in [0, 0.1) is 0 Å². The van der Waals surface area contributed by atoms with Gasteiger partial charge in [0.25, 0.3) is 0 Å². The molecule has 21 heavy (non-hydrogen) atoms. The topological polar surface area (TPSA) is 47.3 Å². The van der Waals surface area contributed by atoms with Crippen LogP contribution in [0.5, 0.6) is 5.75 Å². The second kappa shape index (κ2) is 6.19. The molecule has 3 nitrogen and oxygen atoms in total. The van der Waals surface area contributed by atoms with E-state index in [-0.39, 0.29) is 6.04 Å². The van der Waals surface area contributed by atoms with Gasteiger partial charge in [-0.05, 0) is 42.0 Å². The van der Waals surface area contributed by atoms with Crippen molar-refractivity contribution in [3.8, 4) is 5.75 Å². The average Bonchev–Trinajstić information content (AvgIpc) is 3.38. The number of anilines is 1. The van der Waals surface area contributed by atoms with Gasteiger partial charge in [0.2, 0.25) is 0 Å². The molecule has 0 saturated heterocycles. The van der Waals surface area contributed by atoms with E-state index in [0.717, 1.165) is 17.4 Å². The van der Waals surface area contributed by atoms with Gasteiger partial charge in [0.15, 0.2) is 0 Å². The van der Waals surface area contributed by atoms with E-state index >= 15 is 0 Å². The zero-order valence-electron chi connectivity index (χ0n) is 12.4. The highest BCUT2D eigenvalue weighted by atomic mass is 16.5. The van der Waals surface area contributed by atoms with E-state index in [0.29, 0.717) is 6.54 Å². The molecule has 3 N–H and O–H groups in total. The first-order chi connectivity index (χ1) is 10.3. The lowest BCUT2D eigenvalue weighted by atomic mass is 10.0. The molecule has 0 aromatic heterocycles. The van der Waals surface area contributed by atoms with Crippen LogP contribution in [0.15, 0.2) is 48.5 Å². The standard InChI is InChI=1S/C18H22N2O/c1-21-17-4-2-3-16(11-17)20-18(12-19)15-9-7-14(8-10-15)13-5-6-13/h2-4,7-11,13,18,20H,5-6,12,19H2,1H3. The Bertz CT molecular complexity index is 590. The second-order valence-corrected chi connectivity index (χ2v) is 5.61. The summed E-state index contributed by atoms with van der Waals surface area (Å²) in [5.74, 6) is 1.64. The molecule has 1 fully saturated rings. The van der Waals surface area contributed by atoms with E-state index in [1.807, 2.05) is 24.3 Å². The molecular weight excluding hydrogens is 260 g/mol. The molecule has 3 rings (SSSR count). The van der Waals surface area contributed by atoms with Crippen molar-refractivity contribution in [1.82, 2.24) is 0 Å². The normalized spacial score (nSPS) is 15.5. The van der Waals surface area contributed by atoms with Crippen LogP contribution in [0.2, 0.25) is 0 Å². The molecule has 0 radical (unpaired) electrons. The summed E-state index contributed by atoms with van der Waals surface area (Å²) in [6.07, 6.45) is 2.67. The molecule has 2 aromatic carbocycles. The molecular formula is C18H22N2O. The lowest BCUT2D eigenvalue weighted by Gasteiger charge is -2.19. The first-order valence-corrected chi connectivity index (χ1v) is 7.50. The molecule has 0 bridgehead atoms. The van der Waals surface area contributed by atoms with Gasteiger partial charge in [0.1, 0.15) is 5.75 Å². The Hall–Kier alpha value is -2.00. The molecule has 0 aliphatic heterocycles. The number of rotatable bonds is 6. The van der Waals surface area contributed by atoms with E-state index in [2.05, 4.69) is 29.6 Å². The predicted molar refractivity (Wildman–Crippen MR) is 86.8 cm³/mol. The second-order valence-electron chi connectivity index (χ2n) is 5.61. The van der Waals surface area contributed by atoms with Gasteiger partial charge in [-0.25, -0.2) is 0 Å². The fourth-order valence-corrected chi connectivity index (χ4v) is 2.61. The fourth-order valence-electron chi connectivity index (χ4n) is 2.61. The molecule has 1 aliphatic carbocycles. The summed E-state index contributed by atoms with van der Waals surface area (Å²) in [7, 11) is 1.68. The van der Waals surface area contributed by atoms with E-state index < -0.39 is 0 Å². The predicted octanol–water partition coefficient (Wildman–Crippen LogP) is 3.68. The SMILES string of the molecule is COc1cccc(NC(CN)c2ccc(C3CC3)cc2)c1. The highest BCUT2D eigenvalue weighted by molar-refractivity contribution is 5.50. The van der Waals surface area contributed by atoms with Crippen LogP contribution in [0.25, 0.3) is 0 Å². The zero-order valence-corrected chi connectivity index (χ0v) is 12.4. The first kappa shape index (κ1) is 14.0. The molecule has 0 spiro atoms. The monoisotopic (exact) mass is 282 g/mol. The summed E-state index contributed by atoms with van der Waals surface area (Å²) in [5.41, 5.74) is 9.64. The van der Waals surface area contributed by atoms with E-state index in [1.165, 1.54) is 24.0 Å². The third kappa shape index (κ3) is 3.37. The Morgan fingerprint density at radius 3 is 2.57 bits per heavy atom. The third-order valence-corrected chi connectivity index (χ3v) is 4.03. The van der Waals surface area contributed by atoms with Gasteiger partial charge in [0, 0.05) is 18.3 Å². The number of nitrogens with one attached hydrogen (secondary N) is 1. The quantitative estimate of drug-likeness (QED) is 0.849. The summed E-state index contributed by atoms with van der Waals surface area (Å²) in [4.78, 5) is 0. The van der Waals surface area contributed by atoms with Gasteiger partial charge in [-0.1, -0.05) is 30.3 Å². The first-order valence-electron chi connectivity index (χ1n) is 7.50. The van der Waals surface area contributed by atoms with Crippen molar-refractivity contribution in [3.63, 3.8) is 0 Å². The van der Waals surface area contributed by atoms with Crippen molar-refractivity contribution >= 4 is 5.69 Å². The molecule has 1 unspecified atom stereocenters. The van der Waals surface area contributed by atoms with Crippen LogP contribution >= 0.6 is 0 Å². The molecule has 2 aromatic rings. The molecule has 0 amide bonds. The van der Waals surface area contributed by atoms with Crippen LogP contribution in [-0.4, -0.2) is 13.7 Å². The Balaban J connectivity index is 1.74. The summed E-state index contributed by atoms with van der Waals surface area (Å²) < 4.78 is 5.25. The van der Waals surface area contributed by atoms with Gasteiger partial charge in [-0.3, -0.25) is 0 Å². The van der Waals surface area contributed by atoms with E-state index in [1.54, 1.807) is 7.11 Å². The molecule has 110 valence electrons. The van der Waals surface area contributed by atoms with Crippen LogP contribution in [-0.2, 0) is 0 Å². The van der Waals surface area contributed by atoms with Crippen molar-refractivity contribution in [2.75, 3.05) is 19.0 Å². The number of methoxy groups -OCH3 is 1. The minimum Gasteiger partial charge on any atom is -0.497 e. The Kier molecular flexibility index (Phi) is 4.11. The highest BCUT2D eigenvalue weighted by Crippen LogP contribution is 2.40. The van der Waals surface area contributed by atoms with Crippen LogP contribution in [0.4, 0.5) is 5.69 Å². The Morgan fingerprint density at radius 1 is 1.19 bits per heavy atom. The van der Waals surface area contributed by atoms with Crippen molar-refractivity contribution in [2.45, 2.75) is 24.8 Å². The lowest BCUT2D eigenvalue weighted by Crippen LogP contribution is -2.20. The Labute approximate surface area is 126 Å². The molecule has 0 heterocycles. The fraction of sp³-hybridized carbons (Fsp3) is 0.333. The maximum Gasteiger partial charge on any atom is 0.120 e. The molecule has 1 saturated carbocycles. The largest absolute Gasteiger partial charge is 0.497 e. The lowest BCUT2D eigenvalue weighted by molar-refractivity contribution is 0.415. The zero-order chi connectivity index (χ0) is 14.7. The minimum absolute atomic E-state index is 0.116. The van der Waals surface area contributed by atoms with Crippen LogP contribution in [0.3, 0.4) is 0 Å². The van der Waals surface area contributed by atoms with Crippen LogP contribution < -0.4 is 15.8 Å². The van der Waals surface area contributed by atoms with Gasteiger partial charge >= 0.3 is 0 Å². The summed E-state index contributed by atoms with van der Waals surface area (Å²) in [6, 6.07) is 16.9. The number of benzene rings is 2. The smallest absolute Gasteiger partial charge is 0.120 e. The summed E-state index contributed by atoms with van der Waals surface area (Å²) in [5, 5.41) is 3.48. The number of hydrogen-bond acceptors (Lipinski definition) is 3. The average molecular weight is 282 g/mol. The highest BCUT2D eigenvalue weighted by Gasteiger charge is 2.23. The molecule has 1 atom stereocenters. The van der Waals surface area contributed by atoms with Crippen molar-refractivity contribution in [2.24, 2.45) is 5.73 Å². The van der Waals surface area contributed by atoms with Crippen molar-refractivity contribution < 1.29 is 4.74 Å². The molecule has 3 heteroatoms. The van der Waals surface area contributed by atoms with E-state index in [9.17, 15) is 0 Å². The van der Waals surface area contributed by atoms with Gasteiger partial charge in [-0.2, -0.15) is 0 Å². The number of ether oxygens (including phenoxy) is 1. The maximum atomic E-state index is 5.94. The van der Waals surface area contributed by atoms with Crippen molar-refractivity contribution in [1.29, 1.82) is 0 Å². The number of nitrogens with two attached hydrogens (primary N) is 1. The van der Waals surface area contributed by atoms with Gasteiger partial charge in [0.05, 0.1) is 13.2 Å². The maximum absolute atomic E-state index is 5.94.